The van der Waals surface area contributed by atoms with Crippen molar-refractivity contribution in [1.82, 2.24) is 0 Å². The molecule has 0 saturated carbocycles. The predicted molar refractivity (Wildman–Crippen MR) is 102 cm³/mol. The zero-order valence-electron chi connectivity index (χ0n) is 15.0. The van der Waals surface area contributed by atoms with Gasteiger partial charge in [-0.3, -0.25) is 0 Å². The third-order valence-corrected chi connectivity index (χ3v) is 5.59. The molecule has 0 spiro atoms. The average molecular weight is 317 g/mol. The van der Waals surface area contributed by atoms with Gasteiger partial charge in [0.15, 0.2) is 12.3 Å². The van der Waals surface area contributed by atoms with E-state index < -0.39 is 0 Å². The van der Waals surface area contributed by atoms with Crippen LogP contribution >= 0.6 is 0 Å². The van der Waals surface area contributed by atoms with Crippen LogP contribution in [0.5, 0.6) is 0 Å². The Morgan fingerprint density at radius 2 is 1.79 bits per heavy atom. The Labute approximate surface area is 144 Å². The molecule has 0 fully saturated rings. The Balaban J connectivity index is 1.78. The van der Waals surface area contributed by atoms with Crippen LogP contribution < -0.4 is 4.90 Å². The summed E-state index contributed by atoms with van der Waals surface area (Å²) < 4.78 is 2.41. The van der Waals surface area contributed by atoms with Crippen LogP contribution in [0, 0.1) is 0 Å². The standard InChI is InChI=1S/C22H25N2/c1-16-15-17-9-5-7-11-19(17)24(16)14-13-21-22(2,3)18-10-6-8-12-20(18)23(21)4/h5-14,16H,15H2,1-4H3/q+1/t16-/m0/s1. The quantitative estimate of drug-likeness (QED) is 0.694. The molecule has 0 N–H and O–H groups in total. The van der Waals surface area contributed by atoms with Crippen molar-refractivity contribution in [3.05, 3.63) is 71.4 Å². The second-order valence-electron chi connectivity index (χ2n) is 7.49. The number of fused-ring (bicyclic) bond motifs is 2. The molecular formula is C22H25N2+. The third kappa shape index (κ3) is 2.13. The van der Waals surface area contributed by atoms with E-state index in [9.17, 15) is 0 Å². The number of likely N-dealkylation sites (N-methyl/N-ethyl adjacent to an activating group) is 1. The van der Waals surface area contributed by atoms with Crippen molar-refractivity contribution in [3.63, 3.8) is 0 Å². The van der Waals surface area contributed by atoms with Gasteiger partial charge in [0.2, 0.25) is 5.69 Å². The van der Waals surface area contributed by atoms with Gasteiger partial charge in [0.25, 0.3) is 0 Å². The number of allylic oxidation sites excluding steroid dienone is 2. The lowest BCUT2D eigenvalue weighted by molar-refractivity contribution is -0.463. The van der Waals surface area contributed by atoms with Crippen molar-refractivity contribution in [2.45, 2.75) is 38.6 Å². The number of para-hydroxylation sites is 2. The molecule has 0 radical (unpaired) electrons. The van der Waals surface area contributed by atoms with Gasteiger partial charge >= 0.3 is 0 Å². The van der Waals surface area contributed by atoms with Gasteiger partial charge in [-0.15, -0.1) is 0 Å². The molecule has 2 aromatic rings. The number of hydrogen-bond acceptors (Lipinski definition) is 1. The van der Waals surface area contributed by atoms with Crippen molar-refractivity contribution < 1.29 is 4.58 Å². The van der Waals surface area contributed by atoms with Crippen molar-refractivity contribution in [2.24, 2.45) is 0 Å². The SMILES string of the molecule is C[C@H]1Cc2ccccc2[N+]1=CC=C1N(C)c2ccccc2C1(C)C. The molecule has 122 valence electrons. The Kier molecular flexibility index (Phi) is 3.38. The monoisotopic (exact) mass is 317 g/mol. The fraction of sp³-hybridized carbons (Fsp3) is 0.318. The summed E-state index contributed by atoms with van der Waals surface area (Å²) in [6, 6.07) is 18.0. The molecule has 2 aliphatic rings. The van der Waals surface area contributed by atoms with E-state index in [-0.39, 0.29) is 5.41 Å². The number of rotatable bonds is 1. The van der Waals surface area contributed by atoms with Crippen LogP contribution in [-0.2, 0) is 11.8 Å². The first-order chi connectivity index (χ1) is 11.5. The molecule has 2 nitrogen and oxygen atoms in total. The maximum atomic E-state index is 2.41. The number of benzene rings is 2. The van der Waals surface area contributed by atoms with E-state index >= 15 is 0 Å². The first kappa shape index (κ1) is 15.2. The highest BCUT2D eigenvalue weighted by molar-refractivity contribution is 5.78. The number of anilines is 1. The van der Waals surface area contributed by atoms with Crippen LogP contribution in [0.1, 0.15) is 31.9 Å². The molecule has 0 aromatic heterocycles. The molecule has 0 aliphatic carbocycles. The molecule has 0 unspecified atom stereocenters. The Morgan fingerprint density at radius 1 is 1.08 bits per heavy atom. The van der Waals surface area contributed by atoms with Gasteiger partial charge in [0, 0.05) is 48.0 Å². The van der Waals surface area contributed by atoms with Crippen molar-refractivity contribution in [3.8, 4) is 0 Å². The first-order valence-electron chi connectivity index (χ1n) is 8.75. The minimum atomic E-state index is 0.0321. The summed E-state index contributed by atoms with van der Waals surface area (Å²) in [5, 5.41) is 0. The van der Waals surface area contributed by atoms with E-state index in [1.165, 1.54) is 28.2 Å². The predicted octanol–water partition coefficient (Wildman–Crippen LogP) is 4.66. The molecule has 2 heterocycles. The molecule has 4 rings (SSSR count). The second-order valence-corrected chi connectivity index (χ2v) is 7.49. The topological polar surface area (TPSA) is 6.25 Å². The highest BCUT2D eigenvalue weighted by Gasteiger charge is 2.38. The Bertz CT molecular complexity index is 858. The molecule has 0 bridgehead atoms. The largest absolute Gasteiger partial charge is 0.347 e. The lowest BCUT2D eigenvalue weighted by Crippen LogP contribution is -2.24. The molecule has 2 aromatic carbocycles. The van der Waals surface area contributed by atoms with Gasteiger partial charge in [-0.1, -0.05) is 50.2 Å². The molecular weight excluding hydrogens is 292 g/mol. The molecule has 0 amide bonds. The fourth-order valence-corrected chi connectivity index (χ4v) is 4.27. The average Bonchev–Trinajstić information content (AvgIpc) is 2.99. The van der Waals surface area contributed by atoms with Crippen LogP contribution in [0.4, 0.5) is 11.4 Å². The smallest absolute Gasteiger partial charge is 0.208 e. The van der Waals surface area contributed by atoms with Crippen LogP contribution in [-0.4, -0.2) is 23.9 Å². The van der Waals surface area contributed by atoms with Gasteiger partial charge in [0.05, 0.1) is 0 Å². The summed E-state index contributed by atoms with van der Waals surface area (Å²) in [6.07, 6.45) is 5.70. The van der Waals surface area contributed by atoms with Gasteiger partial charge in [-0.05, 0) is 18.6 Å². The van der Waals surface area contributed by atoms with Crippen molar-refractivity contribution in [1.29, 1.82) is 0 Å². The van der Waals surface area contributed by atoms with Gasteiger partial charge in [-0.25, -0.2) is 0 Å². The minimum Gasteiger partial charge on any atom is -0.347 e. The Morgan fingerprint density at radius 3 is 2.58 bits per heavy atom. The molecule has 2 aliphatic heterocycles. The summed E-state index contributed by atoms with van der Waals surface area (Å²) in [7, 11) is 2.18. The van der Waals surface area contributed by atoms with E-state index in [1.54, 1.807) is 0 Å². The van der Waals surface area contributed by atoms with E-state index in [2.05, 4.69) is 98.1 Å². The zero-order valence-corrected chi connectivity index (χ0v) is 15.0. The van der Waals surface area contributed by atoms with Crippen LogP contribution in [0.3, 0.4) is 0 Å². The number of hydrogen-bond donors (Lipinski definition) is 0. The normalized spacial score (nSPS) is 24.5. The van der Waals surface area contributed by atoms with Crippen LogP contribution in [0.2, 0.25) is 0 Å². The summed E-state index contributed by atoms with van der Waals surface area (Å²) in [6.45, 7) is 6.93. The third-order valence-electron chi connectivity index (χ3n) is 5.59. The van der Waals surface area contributed by atoms with E-state index in [4.69, 9.17) is 0 Å². The Hall–Kier alpha value is -2.35. The van der Waals surface area contributed by atoms with E-state index in [1.807, 2.05) is 0 Å². The maximum absolute atomic E-state index is 2.41. The lowest BCUT2D eigenvalue weighted by Gasteiger charge is -2.23. The van der Waals surface area contributed by atoms with Gasteiger partial charge in [0.1, 0.15) is 0 Å². The molecule has 0 saturated heterocycles. The van der Waals surface area contributed by atoms with Crippen molar-refractivity contribution >= 4 is 17.6 Å². The van der Waals surface area contributed by atoms with Gasteiger partial charge in [-0.2, -0.15) is 4.58 Å². The highest BCUT2D eigenvalue weighted by Crippen LogP contribution is 2.46. The van der Waals surface area contributed by atoms with Gasteiger partial charge < -0.3 is 4.90 Å². The van der Waals surface area contributed by atoms with Crippen LogP contribution in [0.15, 0.2) is 60.3 Å². The second kappa shape index (κ2) is 5.34. The van der Waals surface area contributed by atoms with Crippen LogP contribution in [0.25, 0.3) is 0 Å². The fourth-order valence-electron chi connectivity index (χ4n) is 4.27. The summed E-state index contributed by atoms with van der Waals surface area (Å²) in [5.74, 6) is 0. The van der Waals surface area contributed by atoms with E-state index in [0.717, 1.165) is 6.42 Å². The summed E-state index contributed by atoms with van der Waals surface area (Å²) in [4.78, 5) is 2.33. The molecule has 1 atom stereocenters. The van der Waals surface area contributed by atoms with Crippen molar-refractivity contribution in [2.75, 3.05) is 11.9 Å². The summed E-state index contributed by atoms with van der Waals surface area (Å²) >= 11 is 0. The zero-order chi connectivity index (χ0) is 16.9. The molecule has 2 heteroatoms. The number of nitrogens with zero attached hydrogens (tertiary/aromatic N) is 2. The summed E-state index contributed by atoms with van der Waals surface area (Å²) in [5.41, 5.74) is 6.89. The first-order valence-corrected chi connectivity index (χ1v) is 8.75. The molecule has 24 heavy (non-hydrogen) atoms. The lowest BCUT2D eigenvalue weighted by atomic mass is 9.84. The minimum absolute atomic E-state index is 0.0321. The maximum Gasteiger partial charge on any atom is 0.208 e. The highest BCUT2D eigenvalue weighted by atomic mass is 15.2. The van der Waals surface area contributed by atoms with E-state index in [0.29, 0.717) is 6.04 Å².